The molecule has 0 aliphatic heterocycles. The number of para-hydroxylation sites is 1. The van der Waals surface area contributed by atoms with Crippen LogP contribution in [-0.4, -0.2) is 16.1 Å². The van der Waals surface area contributed by atoms with Crippen LogP contribution in [0.1, 0.15) is 16.1 Å². The van der Waals surface area contributed by atoms with Crippen molar-refractivity contribution >= 4 is 16.9 Å². The summed E-state index contributed by atoms with van der Waals surface area (Å²) in [5.41, 5.74) is 2.81. The lowest BCUT2D eigenvalue weighted by atomic mass is 10.0. The molecule has 0 atom stereocenters. The van der Waals surface area contributed by atoms with Gasteiger partial charge in [-0.2, -0.15) is 0 Å². The third kappa shape index (κ3) is 1.95. The van der Waals surface area contributed by atoms with Crippen molar-refractivity contribution in [1.82, 2.24) is 4.98 Å². The smallest absolute Gasteiger partial charge is 0.352 e. The van der Waals surface area contributed by atoms with Gasteiger partial charge in [0.25, 0.3) is 0 Å². The van der Waals surface area contributed by atoms with Crippen LogP contribution in [0.2, 0.25) is 0 Å². The molecular weight excluding hydrogens is 257 g/mol. The first-order chi connectivity index (χ1) is 9.56. The highest BCUT2D eigenvalue weighted by atomic mass is 19.1. The molecule has 0 aliphatic carbocycles. The molecule has 0 radical (unpaired) electrons. The number of aromatic carboxylic acids is 1. The van der Waals surface area contributed by atoms with Gasteiger partial charge in [0.2, 0.25) is 0 Å². The second-order valence-corrected chi connectivity index (χ2v) is 4.74. The Morgan fingerprint density at radius 2 is 1.95 bits per heavy atom. The second-order valence-electron chi connectivity index (χ2n) is 4.74. The lowest BCUT2D eigenvalue weighted by molar-refractivity contribution is 0.0691. The van der Waals surface area contributed by atoms with Crippen molar-refractivity contribution in [1.29, 1.82) is 0 Å². The third-order valence-corrected chi connectivity index (χ3v) is 3.30. The maximum Gasteiger partial charge on any atom is 0.352 e. The van der Waals surface area contributed by atoms with E-state index in [4.69, 9.17) is 5.11 Å². The van der Waals surface area contributed by atoms with Crippen LogP contribution in [0.15, 0.2) is 42.5 Å². The van der Waals surface area contributed by atoms with Gasteiger partial charge in [-0.25, -0.2) is 9.18 Å². The van der Waals surface area contributed by atoms with E-state index in [2.05, 4.69) is 4.98 Å². The number of carbonyl (C=O) groups is 1. The van der Waals surface area contributed by atoms with E-state index in [1.165, 1.54) is 6.07 Å². The highest BCUT2D eigenvalue weighted by Crippen LogP contribution is 2.31. The number of fused-ring (bicyclic) bond motifs is 1. The first-order valence-corrected chi connectivity index (χ1v) is 6.18. The van der Waals surface area contributed by atoms with Gasteiger partial charge in [0.1, 0.15) is 11.5 Å². The Hall–Kier alpha value is -2.62. The van der Waals surface area contributed by atoms with E-state index in [9.17, 15) is 9.18 Å². The lowest BCUT2D eigenvalue weighted by Crippen LogP contribution is -1.95. The number of aromatic amines is 1. The highest BCUT2D eigenvalue weighted by Gasteiger charge is 2.13. The van der Waals surface area contributed by atoms with Crippen LogP contribution in [0.25, 0.3) is 22.0 Å². The summed E-state index contributed by atoms with van der Waals surface area (Å²) in [6.45, 7) is 1.89. The number of halogens is 1. The van der Waals surface area contributed by atoms with Gasteiger partial charge < -0.3 is 10.1 Å². The highest BCUT2D eigenvalue weighted by molar-refractivity contribution is 6.00. The fourth-order valence-corrected chi connectivity index (χ4v) is 2.34. The number of aromatic nitrogens is 1. The zero-order chi connectivity index (χ0) is 14.3. The van der Waals surface area contributed by atoms with E-state index >= 15 is 0 Å². The number of H-pyrrole nitrogens is 1. The van der Waals surface area contributed by atoms with Crippen LogP contribution in [-0.2, 0) is 0 Å². The quantitative estimate of drug-likeness (QED) is 0.739. The monoisotopic (exact) mass is 269 g/mol. The minimum atomic E-state index is -1.03. The fourth-order valence-electron chi connectivity index (χ4n) is 2.34. The van der Waals surface area contributed by atoms with Crippen LogP contribution in [0, 0.1) is 12.7 Å². The molecule has 100 valence electrons. The maximum atomic E-state index is 14.0. The molecular formula is C16H12FNO2. The van der Waals surface area contributed by atoms with Crippen LogP contribution in [0.5, 0.6) is 0 Å². The Labute approximate surface area is 114 Å². The molecule has 0 bridgehead atoms. The van der Waals surface area contributed by atoms with E-state index in [0.29, 0.717) is 16.6 Å². The zero-order valence-corrected chi connectivity index (χ0v) is 10.8. The van der Waals surface area contributed by atoms with Gasteiger partial charge in [-0.1, -0.05) is 29.8 Å². The summed E-state index contributed by atoms with van der Waals surface area (Å²) in [5.74, 6) is -1.36. The van der Waals surface area contributed by atoms with E-state index in [1.807, 2.05) is 6.92 Å². The Morgan fingerprint density at radius 1 is 1.15 bits per heavy atom. The summed E-state index contributed by atoms with van der Waals surface area (Å²) in [7, 11) is 0. The molecule has 3 rings (SSSR count). The minimum absolute atomic E-state index is 0.0977. The van der Waals surface area contributed by atoms with Crippen molar-refractivity contribution in [2.75, 3.05) is 0 Å². The molecule has 0 saturated carbocycles. The number of hydrogen-bond donors (Lipinski definition) is 2. The maximum absolute atomic E-state index is 14.0. The van der Waals surface area contributed by atoms with E-state index in [1.54, 1.807) is 36.4 Å². The van der Waals surface area contributed by atoms with Gasteiger partial charge >= 0.3 is 5.97 Å². The Balaban J connectivity index is 2.30. The van der Waals surface area contributed by atoms with Gasteiger partial charge in [-0.3, -0.25) is 0 Å². The van der Waals surface area contributed by atoms with Crippen molar-refractivity contribution in [2.24, 2.45) is 0 Å². The lowest BCUT2D eigenvalue weighted by Gasteiger charge is -2.06. The largest absolute Gasteiger partial charge is 0.477 e. The molecule has 0 spiro atoms. The van der Waals surface area contributed by atoms with Crippen molar-refractivity contribution in [3.63, 3.8) is 0 Å². The predicted molar refractivity (Wildman–Crippen MR) is 75.4 cm³/mol. The summed E-state index contributed by atoms with van der Waals surface area (Å²) in [6.07, 6.45) is 0. The summed E-state index contributed by atoms with van der Waals surface area (Å²) in [5, 5.41) is 9.79. The summed E-state index contributed by atoms with van der Waals surface area (Å²) >= 11 is 0. The number of nitrogens with one attached hydrogen (secondary N) is 1. The normalized spacial score (nSPS) is 10.9. The first-order valence-electron chi connectivity index (χ1n) is 6.18. The van der Waals surface area contributed by atoms with Gasteiger partial charge in [0.15, 0.2) is 0 Å². The van der Waals surface area contributed by atoms with Crippen molar-refractivity contribution < 1.29 is 14.3 Å². The average molecular weight is 269 g/mol. The molecule has 1 heterocycles. The molecule has 20 heavy (non-hydrogen) atoms. The topological polar surface area (TPSA) is 53.1 Å². The molecule has 2 N–H and O–H groups in total. The molecule has 0 fully saturated rings. The Morgan fingerprint density at radius 3 is 2.70 bits per heavy atom. The number of rotatable bonds is 2. The van der Waals surface area contributed by atoms with Crippen LogP contribution >= 0.6 is 0 Å². The Bertz CT molecular complexity index is 820. The molecule has 4 heteroatoms. The SMILES string of the molecule is Cc1ccc(F)c(-c2cccc3cc(C(=O)O)[nH]c23)c1. The summed E-state index contributed by atoms with van der Waals surface area (Å²) in [6, 6.07) is 11.8. The molecule has 0 aliphatic rings. The molecule has 0 amide bonds. The van der Waals surface area contributed by atoms with Crippen LogP contribution in [0.3, 0.4) is 0 Å². The molecule has 1 aromatic heterocycles. The number of benzene rings is 2. The minimum Gasteiger partial charge on any atom is -0.477 e. The number of aryl methyl sites for hydroxylation is 1. The summed E-state index contributed by atoms with van der Waals surface area (Å²) in [4.78, 5) is 13.9. The van der Waals surface area contributed by atoms with Crippen molar-refractivity contribution in [3.05, 3.63) is 59.5 Å². The molecule has 0 saturated heterocycles. The zero-order valence-electron chi connectivity index (χ0n) is 10.8. The Kier molecular flexibility index (Phi) is 2.79. The van der Waals surface area contributed by atoms with Crippen molar-refractivity contribution in [3.8, 4) is 11.1 Å². The van der Waals surface area contributed by atoms with E-state index in [-0.39, 0.29) is 11.5 Å². The molecule has 3 aromatic rings. The molecule has 3 nitrogen and oxygen atoms in total. The van der Waals surface area contributed by atoms with Crippen molar-refractivity contribution in [2.45, 2.75) is 6.92 Å². The predicted octanol–water partition coefficient (Wildman–Crippen LogP) is 3.98. The molecule has 0 unspecified atom stereocenters. The first kappa shape index (κ1) is 12.4. The van der Waals surface area contributed by atoms with E-state index < -0.39 is 5.97 Å². The third-order valence-electron chi connectivity index (χ3n) is 3.30. The standard InChI is InChI=1S/C16H12FNO2/c1-9-5-6-13(17)12(7-9)11-4-2-3-10-8-14(16(19)20)18-15(10)11/h2-8,18H,1H3,(H,19,20). The molecule has 2 aromatic carbocycles. The number of carboxylic acids is 1. The van der Waals surface area contributed by atoms with Gasteiger partial charge in [0.05, 0.1) is 5.52 Å². The van der Waals surface area contributed by atoms with Gasteiger partial charge in [-0.05, 0) is 25.1 Å². The van der Waals surface area contributed by atoms with Crippen LogP contribution in [0.4, 0.5) is 4.39 Å². The number of hydrogen-bond acceptors (Lipinski definition) is 1. The average Bonchev–Trinajstić information content (AvgIpc) is 2.85. The van der Waals surface area contributed by atoms with Crippen LogP contribution < -0.4 is 0 Å². The van der Waals surface area contributed by atoms with E-state index in [0.717, 1.165) is 10.9 Å². The summed E-state index contributed by atoms with van der Waals surface area (Å²) < 4.78 is 14.0. The number of carboxylic acid groups (broad SMARTS) is 1. The van der Waals surface area contributed by atoms with Gasteiger partial charge in [-0.15, -0.1) is 0 Å². The second kappa shape index (κ2) is 4.49. The van der Waals surface area contributed by atoms with Gasteiger partial charge in [0, 0.05) is 16.5 Å². The fraction of sp³-hybridized carbons (Fsp3) is 0.0625.